The first-order chi connectivity index (χ1) is 22.3. The van der Waals surface area contributed by atoms with Gasteiger partial charge in [-0.05, 0) is 52.6 Å². The Hall–Kier alpha value is -6.06. The number of pyridine rings is 2. The molecule has 0 radical (unpaired) electrons. The molecule has 0 saturated heterocycles. The minimum Gasteiger partial charge on any atom is -0.456 e. The van der Waals surface area contributed by atoms with E-state index in [1.807, 2.05) is 18.2 Å². The topological polar surface area (TPSA) is 38.9 Å². The summed E-state index contributed by atoms with van der Waals surface area (Å²) < 4.78 is 6.03. The summed E-state index contributed by atoms with van der Waals surface area (Å²) in [5.41, 5.74) is 12.4. The number of hydrogen-bond donors (Lipinski definition) is 0. The van der Waals surface area contributed by atoms with Gasteiger partial charge in [0, 0.05) is 32.7 Å². The molecule has 0 saturated carbocycles. The fraction of sp³-hybridized carbons (Fsp3) is 0. The molecule has 3 heteroatoms. The fourth-order valence-corrected chi connectivity index (χ4v) is 6.29. The lowest BCUT2D eigenvalue weighted by molar-refractivity contribution is 0.669. The van der Waals surface area contributed by atoms with Crippen LogP contribution in [-0.4, -0.2) is 9.97 Å². The van der Waals surface area contributed by atoms with Crippen molar-refractivity contribution in [3.8, 4) is 44.8 Å². The van der Waals surface area contributed by atoms with Gasteiger partial charge in [-0.15, -0.1) is 0 Å². The Labute approximate surface area is 260 Å². The Morgan fingerprint density at radius 3 is 1.44 bits per heavy atom. The highest BCUT2D eigenvalue weighted by Gasteiger charge is 2.11. The predicted molar refractivity (Wildman–Crippen MR) is 186 cm³/mol. The second-order valence-corrected chi connectivity index (χ2v) is 11.4. The summed E-state index contributed by atoms with van der Waals surface area (Å²) in [6.07, 6.45) is 0. The Kier molecular flexibility index (Phi) is 5.82. The van der Waals surface area contributed by atoms with E-state index in [0.29, 0.717) is 0 Å². The number of aromatic nitrogens is 2. The van der Waals surface area contributed by atoms with Crippen LogP contribution in [0.25, 0.3) is 88.5 Å². The fourth-order valence-electron chi connectivity index (χ4n) is 6.29. The molecule has 0 aliphatic heterocycles. The summed E-state index contributed by atoms with van der Waals surface area (Å²) in [4.78, 5) is 10.3. The maximum absolute atomic E-state index is 6.03. The van der Waals surface area contributed by atoms with Crippen molar-refractivity contribution < 1.29 is 4.42 Å². The van der Waals surface area contributed by atoms with Crippen LogP contribution in [0, 0.1) is 0 Å². The lowest BCUT2D eigenvalue weighted by Crippen LogP contribution is -1.91. The van der Waals surface area contributed by atoms with E-state index in [2.05, 4.69) is 140 Å². The highest BCUT2D eigenvalue weighted by atomic mass is 16.3. The molecule has 0 bridgehead atoms. The first kappa shape index (κ1) is 25.4. The number of para-hydroxylation sites is 1. The Bertz CT molecular complexity index is 2510. The molecule has 0 unspecified atom stereocenters. The molecular weight excluding hydrogens is 548 g/mol. The average Bonchev–Trinajstić information content (AvgIpc) is 3.50. The summed E-state index contributed by atoms with van der Waals surface area (Å²) in [6.45, 7) is 0. The van der Waals surface area contributed by atoms with Gasteiger partial charge in [0.2, 0.25) is 0 Å². The molecule has 0 aliphatic rings. The maximum Gasteiger partial charge on any atom is 0.135 e. The molecule has 45 heavy (non-hydrogen) atoms. The molecule has 0 spiro atoms. The summed E-state index contributed by atoms with van der Waals surface area (Å²) >= 11 is 0. The number of hydrogen-bond acceptors (Lipinski definition) is 3. The minimum absolute atomic E-state index is 0.908. The standard InChI is InChI=1S/C42H26N2O/c1-2-6-27(7-3-1)28-10-14-30(15-11-28)37-23-20-32-18-19-33-21-24-38(44-42(33)41(32)43-37)31-16-12-29(13-17-31)34-22-25-40-36(26-34)35-8-4-5-9-39(35)45-40/h1-26H. The number of fused-ring (bicyclic) bond motifs is 6. The SMILES string of the molecule is c1ccc(-c2ccc(-c3ccc4ccc5ccc(-c6ccc(-c7ccc8oc9ccccc9c8c7)cc6)nc5c4n3)cc2)cc1. The zero-order valence-corrected chi connectivity index (χ0v) is 24.3. The van der Waals surface area contributed by atoms with Gasteiger partial charge < -0.3 is 4.42 Å². The van der Waals surface area contributed by atoms with Gasteiger partial charge in [0.1, 0.15) is 11.2 Å². The van der Waals surface area contributed by atoms with Crippen molar-refractivity contribution >= 4 is 43.7 Å². The van der Waals surface area contributed by atoms with Crippen LogP contribution in [0.2, 0.25) is 0 Å². The van der Waals surface area contributed by atoms with Crippen molar-refractivity contribution in [3.63, 3.8) is 0 Å². The van der Waals surface area contributed by atoms with E-state index < -0.39 is 0 Å². The van der Waals surface area contributed by atoms with Crippen LogP contribution >= 0.6 is 0 Å². The van der Waals surface area contributed by atoms with E-state index >= 15 is 0 Å². The highest BCUT2D eigenvalue weighted by Crippen LogP contribution is 2.34. The van der Waals surface area contributed by atoms with Gasteiger partial charge in [0.15, 0.2) is 0 Å². The summed E-state index contributed by atoms with van der Waals surface area (Å²) in [5, 5.41) is 4.43. The van der Waals surface area contributed by atoms with E-state index in [1.54, 1.807) is 0 Å². The molecule has 9 aromatic rings. The largest absolute Gasteiger partial charge is 0.456 e. The maximum atomic E-state index is 6.03. The van der Waals surface area contributed by atoms with Crippen molar-refractivity contribution in [2.75, 3.05) is 0 Å². The van der Waals surface area contributed by atoms with Gasteiger partial charge in [0.25, 0.3) is 0 Å². The van der Waals surface area contributed by atoms with Crippen LogP contribution in [0.4, 0.5) is 0 Å². The molecule has 6 aromatic carbocycles. The van der Waals surface area contributed by atoms with Gasteiger partial charge in [0.05, 0.1) is 22.4 Å². The van der Waals surface area contributed by atoms with Gasteiger partial charge in [-0.2, -0.15) is 0 Å². The smallest absolute Gasteiger partial charge is 0.135 e. The van der Waals surface area contributed by atoms with E-state index in [9.17, 15) is 0 Å². The third kappa shape index (κ3) is 4.45. The molecule has 0 aliphatic carbocycles. The van der Waals surface area contributed by atoms with Crippen LogP contribution in [-0.2, 0) is 0 Å². The molecule has 0 amide bonds. The summed E-state index contributed by atoms with van der Waals surface area (Å²) in [5.74, 6) is 0. The normalized spacial score (nSPS) is 11.6. The highest BCUT2D eigenvalue weighted by molar-refractivity contribution is 6.06. The molecule has 0 N–H and O–H groups in total. The molecule has 210 valence electrons. The second-order valence-electron chi connectivity index (χ2n) is 11.4. The zero-order valence-electron chi connectivity index (χ0n) is 24.3. The van der Waals surface area contributed by atoms with Crippen LogP contribution in [0.15, 0.2) is 162 Å². The van der Waals surface area contributed by atoms with E-state index in [0.717, 1.165) is 77.4 Å². The van der Waals surface area contributed by atoms with Crippen molar-refractivity contribution in [2.24, 2.45) is 0 Å². The third-order valence-corrected chi connectivity index (χ3v) is 8.70. The Balaban J connectivity index is 1.07. The molecule has 0 fully saturated rings. The number of furan rings is 1. The summed E-state index contributed by atoms with van der Waals surface area (Å²) in [6, 6.07) is 55.0. The lowest BCUT2D eigenvalue weighted by Gasteiger charge is -2.09. The second kappa shape index (κ2) is 10.3. The van der Waals surface area contributed by atoms with E-state index in [-0.39, 0.29) is 0 Å². The third-order valence-electron chi connectivity index (χ3n) is 8.70. The zero-order chi connectivity index (χ0) is 29.7. The Morgan fingerprint density at radius 1 is 0.333 bits per heavy atom. The summed E-state index contributed by atoms with van der Waals surface area (Å²) in [7, 11) is 0. The van der Waals surface area contributed by atoms with Gasteiger partial charge in [-0.3, -0.25) is 0 Å². The molecular formula is C42H26N2O. The van der Waals surface area contributed by atoms with Crippen LogP contribution in [0.1, 0.15) is 0 Å². The number of benzene rings is 6. The van der Waals surface area contributed by atoms with Crippen molar-refractivity contribution in [1.29, 1.82) is 0 Å². The first-order valence-electron chi connectivity index (χ1n) is 15.2. The first-order valence-corrected chi connectivity index (χ1v) is 15.2. The average molecular weight is 575 g/mol. The molecule has 3 heterocycles. The van der Waals surface area contributed by atoms with Crippen LogP contribution < -0.4 is 0 Å². The van der Waals surface area contributed by atoms with Gasteiger partial charge in [-0.25, -0.2) is 9.97 Å². The van der Waals surface area contributed by atoms with E-state index in [1.165, 1.54) is 11.1 Å². The minimum atomic E-state index is 0.908. The van der Waals surface area contributed by atoms with Crippen molar-refractivity contribution in [3.05, 3.63) is 158 Å². The van der Waals surface area contributed by atoms with Crippen LogP contribution in [0.5, 0.6) is 0 Å². The van der Waals surface area contributed by atoms with Crippen molar-refractivity contribution in [1.82, 2.24) is 9.97 Å². The van der Waals surface area contributed by atoms with E-state index in [4.69, 9.17) is 14.4 Å². The predicted octanol–water partition coefficient (Wildman–Crippen LogP) is 11.4. The molecule has 0 atom stereocenters. The van der Waals surface area contributed by atoms with Gasteiger partial charge in [-0.1, -0.05) is 127 Å². The van der Waals surface area contributed by atoms with Crippen LogP contribution in [0.3, 0.4) is 0 Å². The Morgan fingerprint density at radius 2 is 0.800 bits per heavy atom. The monoisotopic (exact) mass is 574 g/mol. The molecule has 9 rings (SSSR count). The number of rotatable bonds is 4. The van der Waals surface area contributed by atoms with Gasteiger partial charge >= 0.3 is 0 Å². The number of nitrogens with zero attached hydrogens (tertiary/aromatic N) is 2. The lowest BCUT2D eigenvalue weighted by atomic mass is 10.00. The van der Waals surface area contributed by atoms with Crippen molar-refractivity contribution in [2.45, 2.75) is 0 Å². The molecule has 3 nitrogen and oxygen atoms in total. The quantitative estimate of drug-likeness (QED) is 0.196. The molecule has 3 aromatic heterocycles.